The quantitative estimate of drug-likeness (QED) is 0.0327. The van der Waals surface area contributed by atoms with Gasteiger partial charge in [0.05, 0.1) is 22.7 Å². The zero-order valence-electron chi connectivity index (χ0n) is 30.1. The normalized spacial score (nSPS) is 12.9. The van der Waals surface area contributed by atoms with E-state index in [1.54, 1.807) is 0 Å². The summed E-state index contributed by atoms with van der Waals surface area (Å²) in [7, 11) is -9.74. The van der Waals surface area contributed by atoms with Crippen LogP contribution in [-0.4, -0.2) is 58.2 Å². The van der Waals surface area contributed by atoms with E-state index >= 15 is 0 Å². The summed E-state index contributed by atoms with van der Waals surface area (Å²) >= 11 is 11.8. The second-order valence-electron chi connectivity index (χ2n) is 12.7. The van der Waals surface area contributed by atoms with Crippen LogP contribution in [-0.2, 0) is 20.2 Å². The highest BCUT2D eigenvalue weighted by Crippen LogP contribution is 2.44. The SMILES string of the molecule is O=S(=O)(O)c1cc2ccc(N=C(O)c3cccc(C(O)=Nc4ccc5cc(S(=O)(=O)O)c(N=Nc6ccc(Cl)cc6)c(O)c5c4)c3)cc2c(O)c1N=Nc1ccc(Cl)cc1. The van der Waals surface area contributed by atoms with E-state index in [0.29, 0.717) is 10.0 Å². The molecule has 60 heavy (non-hydrogen) atoms. The summed E-state index contributed by atoms with van der Waals surface area (Å²) in [5.74, 6) is -2.33. The second-order valence-corrected chi connectivity index (χ2v) is 16.4. The molecule has 7 rings (SSSR count). The van der Waals surface area contributed by atoms with Gasteiger partial charge in [-0.1, -0.05) is 41.4 Å². The minimum absolute atomic E-state index is 0.0624. The van der Waals surface area contributed by atoms with Crippen LogP contribution in [0.1, 0.15) is 11.1 Å². The number of aliphatic imine (C=N–C) groups is 2. The van der Waals surface area contributed by atoms with Crippen LogP contribution in [0.5, 0.6) is 11.5 Å². The Balaban J connectivity index is 1.20. The molecule has 6 N–H and O–H groups in total. The van der Waals surface area contributed by atoms with Gasteiger partial charge in [0.2, 0.25) is 11.8 Å². The van der Waals surface area contributed by atoms with Gasteiger partial charge in [-0.2, -0.15) is 27.1 Å². The molecule has 7 aromatic carbocycles. The van der Waals surface area contributed by atoms with Crippen LogP contribution in [0, 0.1) is 0 Å². The second kappa shape index (κ2) is 16.5. The van der Waals surface area contributed by atoms with E-state index in [2.05, 4.69) is 30.4 Å². The number of aliphatic hydroxyl groups excluding tert-OH is 2. The van der Waals surface area contributed by atoms with Gasteiger partial charge in [-0.05, 0) is 114 Å². The lowest BCUT2D eigenvalue weighted by atomic mass is 10.1. The molecule has 16 nitrogen and oxygen atoms in total. The Labute approximate surface area is 349 Å². The van der Waals surface area contributed by atoms with Crippen molar-refractivity contribution in [1.29, 1.82) is 0 Å². The maximum absolute atomic E-state index is 12.2. The Morgan fingerprint density at radius 3 is 1.20 bits per heavy atom. The van der Waals surface area contributed by atoms with Crippen molar-refractivity contribution in [1.82, 2.24) is 0 Å². The maximum atomic E-state index is 12.2. The van der Waals surface area contributed by atoms with E-state index in [0.717, 1.165) is 12.1 Å². The Bertz CT molecular complexity index is 3010. The van der Waals surface area contributed by atoms with Crippen molar-refractivity contribution < 1.29 is 46.4 Å². The summed E-state index contributed by atoms with van der Waals surface area (Å²) in [6.45, 7) is 0. The fraction of sp³-hybridized carbons (Fsp3) is 0. The van der Waals surface area contributed by atoms with E-state index in [1.807, 2.05) is 0 Å². The van der Waals surface area contributed by atoms with Gasteiger partial charge in [-0.25, -0.2) is 9.98 Å². The number of nitrogens with zero attached hydrogens (tertiary/aromatic N) is 6. The Morgan fingerprint density at radius 2 is 0.833 bits per heavy atom. The number of halogens is 2. The summed E-state index contributed by atoms with van der Waals surface area (Å²) in [4.78, 5) is 7.04. The predicted octanol–water partition coefficient (Wildman–Crippen LogP) is 11.3. The number of benzene rings is 7. The predicted molar refractivity (Wildman–Crippen MR) is 226 cm³/mol. The number of azo groups is 2. The van der Waals surface area contributed by atoms with Crippen LogP contribution in [0.25, 0.3) is 21.5 Å². The molecule has 0 saturated carbocycles. The van der Waals surface area contributed by atoms with Crippen molar-refractivity contribution in [3.63, 3.8) is 0 Å². The van der Waals surface area contributed by atoms with Crippen molar-refractivity contribution in [2.75, 3.05) is 0 Å². The first-order valence-corrected chi connectivity index (χ1v) is 20.6. The van der Waals surface area contributed by atoms with Crippen molar-refractivity contribution in [2.24, 2.45) is 30.4 Å². The maximum Gasteiger partial charge on any atom is 0.296 e. The van der Waals surface area contributed by atoms with E-state index in [9.17, 15) is 46.4 Å². The van der Waals surface area contributed by atoms with Crippen LogP contribution in [0.3, 0.4) is 0 Å². The third kappa shape index (κ3) is 9.08. The summed E-state index contributed by atoms with van der Waals surface area (Å²) in [5, 5.41) is 61.4. The highest BCUT2D eigenvalue weighted by Gasteiger charge is 2.24. The number of phenolic OH excluding ortho intramolecular Hbond substituents is 2. The number of fused-ring (bicyclic) bond motifs is 2. The summed E-state index contributed by atoms with van der Waals surface area (Å²) in [6.07, 6.45) is 0. The topological polar surface area (TPSA) is 264 Å². The number of aliphatic hydroxyl groups is 2. The smallest absolute Gasteiger partial charge is 0.296 e. The molecule has 7 aromatic rings. The number of aromatic hydroxyl groups is 2. The standard InChI is InChI=1S/C40H26Cl2N6O10S2/c41-25-6-12-27(13-7-25)45-47-35-33(59(53,54)55)17-21-4-10-29(19-31(21)37(35)49)43-39(51)23-2-1-3-24(16-23)40(52)44-30-11-5-22-18-34(60(56,57)58)36(38(50)32(22)20-30)48-46-28-14-8-26(42)9-15-28/h1-20,49-50H,(H,43,51)(H,44,52)(H,53,54,55)(H,56,57,58). The van der Waals surface area contributed by atoms with Crippen molar-refractivity contribution in [3.8, 4) is 11.5 Å². The molecule has 0 aliphatic carbocycles. The van der Waals surface area contributed by atoms with Gasteiger partial charge >= 0.3 is 0 Å². The third-order valence-corrected chi connectivity index (χ3v) is 10.9. The number of hydrogen-bond acceptors (Lipinski definition) is 12. The van der Waals surface area contributed by atoms with Crippen LogP contribution in [0.4, 0.5) is 34.1 Å². The molecule has 0 spiro atoms. The molecule has 0 amide bonds. The molecule has 0 heterocycles. The van der Waals surface area contributed by atoms with Gasteiger partial charge in [0, 0.05) is 31.9 Å². The zero-order chi connectivity index (χ0) is 42.9. The van der Waals surface area contributed by atoms with Gasteiger partial charge in [-0.15, -0.1) is 10.2 Å². The average molecular weight is 886 g/mol. The first-order chi connectivity index (χ1) is 28.4. The summed E-state index contributed by atoms with van der Waals surface area (Å²) in [5.41, 5.74) is -0.0602. The molecular formula is C40H26Cl2N6O10S2. The van der Waals surface area contributed by atoms with Gasteiger partial charge < -0.3 is 20.4 Å². The van der Waals surface area contributed by atoms with Gasteiger partial charge in [0.1, 0.15) is 21.2 Å². The number of phenols is 2. The molecule has 0 atom stereocenters. The van der Waals surface area contributed by atoms with E-state index < -0.39 is 64.7 Å². The zero-order valence-corrected chi connectivity index (χ0v) is 33.3. The van der Waals surface area contributed by atoms with Crippen LogP contribution < -0.4 is 0 Å². The summed E-state index contributed by atoms with van der Waals surface area (Å²) < 4.78 is 68.8. The monoisotopic (exact) mass is 884 g/mol. The lowest BCUT2D eigenvalue weighted by Gasteiger charge is -2.10. The molecule has 0 aliphatic heterocycles. The lowest BCUT2D eigenvalue weighted by molar-refractivity contribution is 0.471. The van der Waals surface area contributed by atoms with Crippen molar-refractivity contribution in [3.05, 3.63) is 142 Å². The van der Waals surface area contributed by atoms with E-state index in [-0.39, 0.29) is 55.4 Å². The molecule has 0 fully saturated rings. The Morgan fingerprint density at radius 1 is 0.467 bits per heavy atom. The molecule has 0 aromatic heterocycles. The largest absolute Gasteiger partial charge is 0.505 e. The Kier molecular flexibility index (Phi) is 11.3. The van der Waals surface area contributed by atoms with Crippen molar-refractivity contribution >= 4 is 111 Å². The molecular weight excluding hydrogens is 860 g/mol. The minimum atomic E-state index is -4.87. The average Bonchev–Trinajstić information content (AvgIpc) is 3.21. The van der Waals surface area contributed by atoms with E-state index in [4.69, 9.17) is 23.2 Å². The first kappa shape index (κ1) is 41.4. The molecule has 0 aliphatic rings. The van der Waals surface area contributed by atoms with E-state index in [1.165, 1.54) is 109 Å². The van der Waals surface area contributed by atoms with Gasteiger partial charge in [0.25, 0.3) is 20.2 Å². The molecule has 0 unspecified atom stereocenters. The van der Waals surface area contributed by atoms with Gasteiger partial charge in [-0.3, -0.25) is 9.11 Å². The number of rotatable bonds is 10. The highest BCUT2D eigenvalue weighted by atomic mass is 35.5. The van der Waals surface area contributed by atoms with Crippen LogP contribution in [0.2, 0.25) is 10.0 Å². The highest BCUT2D eigenvalue weighted by molar-refractivity contribution is 7.86. The first-order valence-electron chi connectivity index (χ1n) is 17.0. The van der Waals surface area contributed by atoms with Crippen molar-refractivity contribution in [2.45, 2.75) is 9.79 Å². The minimum Gasteiger partial charge on any atom is -0.505 e. The van der Waals surface area contributed by atoms with Crippen LogP contribution in [0.15, 0.2) is 162 Å². The van der Waals surface area contributed by atoms with Gasteiger partial charge in [0.15, 0.2) is 11.5 Å². The molecule has 0 bridgehead atoms. The third-order valence-electron chi connectivity index (χ3n) is 8.66. The molecule has 0 radical (unpaired) electrons. The fourth-order valence-corrected chi connectivity index (χ4v) is 7.35. The number of hydrogen-bond donors (Lipinski definition) is 6. The molecule has 0 saturated heterocycles. The molecule has 302 valence electrons. The lowest BCUT2D eigenvalue weighted by Crippen LogP contribution is -2.03. The Hall–Kier alpha value is -6.80. The van der Waals surface area contributed by atoms with Crippen LogP contribution >= 0.6 is 23.2 Å². The fourth-order valence-electron chi connectivity index (χ4n) is 5.79. The summed E-state index contributed by atoms with van der Waals surface area (Å²) in [6, 6.07) is 28.5. The molecule has 20 heteroatoms.